The van der Waals surface area contributed by atoms with Crippen molar-refractivity contribution in [2.75, 3.05) is 49.8 Å². The molecule has 3 aromatic carbocycles. The zero-order valence-electron chi connectivity index (χ0n) is 21.9. The standard InChI is InChI=1S/C28H30O9/c1-29-15-10-17(31-3)23-19(12-15)36-26(14-8-21(33-5)27(35-7)22(9-14)34-6)28-25(23)24-18(32-4)11-16(30-2)13-20(24)37-28/h8-13,25-26,28H,1-7H3/t25-,26-,28+/m1/s1. The Balaban J connectivity index is 1.76. The third-order valence-electron chi connectivity index (χ3n) is 6.85. The Morgan fingerprint density at radius 1 is 0.514 bits per heavy atom. The number of benzene rings is 3. The van der Waals surface area contributed by atoms with E-state index in [1.807, 2.05) is 36.4 Å². The van der Waals surface area contributed by atoms with Crippen molar-refractivity contribution in [3.63, 3.8) is 0 Å². The van der Waals surface area contributed by atoms with Gasteiger partial charge in [0.2, 0.25) is 5.75 Å². The highest BCUT2D eigenvalue weighted by atomic mass is 16.6. The Bertz CT molecular complexity index is 1290. The van der Waals surface area contributed by atoms with Gasteiger partial charge in [-0.3, -0.25) is 0 Å². The second kappa shape index (κ2) is 9.72. The fourth-order valence-electron chi connectivity index (χ4n) is 5.19. The van der Waals surface area contributed by atoms with E-state index in [9.17, 15) is 0 Å². The van der Waals surface area contributed by atoms with E-state index in [1.165, 1.54) is 0 Å². The summed E-state index contributed by atoms with van der Waals surface area (Å²) in [5.41, 5.74) is 2.52. The van der Waals surface area contributed by atoms with Crippen molar-refractivity contribution in [1.29, 1.82) is 0 Å². The zero-order valence-corrected chi connectivity index (χ0v) is 21.9. The lowest BCUT2D eigenvalue weighted by Gasteiger charge is -2.36. The highest BCUT2D eigenvalue weighted by Crippen LogP contribution is 2.59. The lowest BCUT2D eigenvalue weighted by molar-refractivity contribution is 0.0410. The maximum absolute atomic E-state index is 6.64. The first-order valence-corrected chi connectivity index (χ1v) is 11.7. The van der Waals surface area contributed by atoms with Crippen LogP contribution in [0.25, 0.3) is 0 Å². The molecule has 0 aromatic heterocycles. The lowest BCUT2D eigenvalue weighted by Crippen LogP contribution is -2.36. The van der Waals surface area contributed by atoms with E-state index < -0.39 is 12.2 Å². The molecule has 5 rings (SSSR count). The van der Waals surface area contributed by atoms with E-state index in [2.05, 4.69) is 0 Å². The summed E-state index contributed by atoms with van der Waals surface area (Å²) in [6.45, 7) is 0. The predicted molar refractivity (Wildman–Crippen MR) is 135 cm³/mol. The lowest BCUT2D eigenvalue weighted by atomic mass is 9.80. The minimum atomic E-state index is -0.550. The molecule has 0 radical (unpaired) electrons. The summed E-state index contributed by atoms with van der Waals surface area (Å²) in [5.74, 6) is 5.03. The van der Waals surface area contributed by atoms with Crippen LogP contribution in [0.4, 0.5) is 0 Å². The molecular formula is C28H30O9. The molecule has 0 unspecified atom stereocenters. The Hall–Kier alpha value is -4.14. The molecule has 0 fully saturated rings. The van der Waals surface area contributed by atoms with Crippen molar-refractivity contribution in [3.05, 3.63) is 53.1 Å². The van der Waals surface area contributed by atoms with E-state index in [1.54, 1.807) is 49.8 Å². The first kappa shape index (κ1) is 24.5. The fraction of sp³-hybridized carbons (Fsp3) is 0.357. The van der Waals surface area contributed by atoms with Crippen LogP contribution in [0, 0.1) is 0 Å². The molecule has 3 atom stereocenters. The Labute approximate surface area is 215 Å². The Morgan fingerprint density at radius 3 is 1.43 bits per heavy atom. The fourth-order valence-corrected chi connectivity index (χ4v) is 5.19. The van der Waals surface area contributed by atoms with Gasteiger partial charge in [0.25, 0.3) is 0 Å². The minimum Gasteiger partial charge on any atom is -0.496 e. The summed E-state index contributed by atoms with van der Waals surface area (Å²) in [7, 11) is 11.2. The summed E-state index contributed by atoms with van der Waals surface area (Å²) in [4.78, 5) is 0. The topological polar surface area (TPSA) is 83.1 Å². The van der Waals surface area contributed by atoms with Gasteiger partial charge in [-0.2, -0.15) is 0 Å². The van der Waals surface area contributed by atoms with Crippen LogP contribution < -0.4 is 42.6 Å². The van der Waals surface area contributed by atoms with Gasteiger partial charge in [0.15, 0.2) is 23.7 Å². The quantitative estimate of drug-likeness (QED) is 0.425. The third-order valence-corrected chi connectivity index (χ3v) is 6.85. The highest BCUT2D eigenvalue weighted by Gasteiger charge is 2.50. The molecule has 0 saturated heterocycles. The molecule has 0 spiro atoms. The molecule has 0 aliphatic carbocycles. The average Bonchev–Trinajstić information content (AvgIpc) is 3.33. The summed E-state index contributed by atoms with van der Waals surface area (Å²) < 4.78 is 52.6. The van der Waals surface area contributed by atoms with Crippen LogP contribution in [-0.2, 0) is 0 Å². The first-order valence-electron chi connectivity index (χ1n) is 11.7. The van der Waals surface area contributed by atoms with Crippen LogP contribution >= 0.6 is 0 Å². The minimum absolute atomic E-state index is 0.274. The summed E-state index contributed by atoms with van der Waals surface area (Å²) in [5, 5.41) is 0. The highest BCUT2D eigenvalue weighted by molar-refractivity contribution is 5.66. The van der Waals surface area contributed by atoms with Crippen LogP contribution in [-0.4, -0.2) is 55.9 Å². The number of hydrogen-bond acceptors (Lipinski definition) is 9. The van der Waals surface area contributed by atoms with E-state index in [-0.39, 0.29) is 5.92 Å². The number of rotatable bonds is 8. The van der Waals surface area contributed by atoms with Gasteiger partial charge in [-0.05, 0) is 12.1 Å². The smallest absolute Gasteiger partial charge is 0.203 e. The molecule has 3 aromatic rings. The van der Waals surface area contributed by atoms with Gasteiger partial charge < -0.3 is 42.6 Å². The molecule has 2 heterocycles. The molecule has 2 aliphatic heterocycles. The van der Waals surface area contributed by atoms with Gasteiger partial charge in [0.05, 0.1) is 55.7 Å². The van der Waals surface area contributed by atoms with Crippen LogP contribution in [0.3, 0.4) is 0 Å². The van der Waals surface area contributed by atoms with Crippen LogP contribution in [0.1, 0.15) is 28.7 Å². The summed E-state index contributed by atoms with van der Waals surface area (Å²) in [6.07, 6.45) is -1.01. The average molecular weight is 511 g/mol. The first-order chi connectivity index (χ1) is 18.0. The molecule has 0 N–H and O–H groups in total. The number of hydrogen-bond donors (Lipinski definition) is 0. The molecule has 196 valence electrons. The second-order valence-corrected chi connectivity index (χ2v) is 8.54. The Morgan fingerprint density at radius 2 is 1.00 bits per heavy atom. The van der Waals surface area contributed by atoms with E-state index in [4.69, 9.17) is 42.6 Å². The number of fused-ring (bicyclic) bond motifs is 5. The van der Waals surface area contributed by atoms with Crippen molar-refractivity contribution in [2.24, 2.45) is 0 Å². The molecule has 0 saturated carbocycles. The van der Waals surface area contributed by atoms with Gasteiger partial charge in [-0.15, -0.1) is 0 Å². The van der Waals surface area contributed by atoms with Gasteiger partial charge >= 0.3 is 0 Å². The van der Waals surface area contributed by atoms with Gasteiger partial charge in [-0.25, -0.2) is 0 Å². The summed E-state index contributed by atoms with van der Waals surface area (Å²) >= 11 is 0. The van der Waals surface area contributed by atoms with Crippen LogP contribution in [0.5, 0.6) is 51.7 Å². The SMILES string of the molecule is COc1cc(OC)c2c(c1)O[C@H]1[C@@H]2c2c(OC)cc(OC)cc2O[C@@H]1c1cc(OC)c(OC)c(OC)c1. The summed E-state index contributed by atoms with van der Waals surface area (Å²) in [6, 6.07) is 11.1. The van der Waals surface area contributed by atoms with Gasteiger partial charge in [-0.1, -0.05) is 0 Å². The molecule has 9 nitrogen and oxygen atoms in total. The molecule has 9 heteroatoms. The molecule has 0 bridgehead atoms. The van der Waals surface area contributed by atoms with Gasteiger partial charge in [0.1, 0.15) is 34.5 Å². The van der Waals surface area contributed by atoms with Crippen molar-refractivity contribution in [3.8, 4) is 51.7 Å². The largest absolute Gasteiger partial charge is 0.496 e. The molecule has 37 heavy (non-hydrogen) atoms. The van der Waals surface area contributed by atoms with E-state index in [0.717, 1.165) is 16.7 Å². The van der Waals surface area contributed by atoms with Crippen molar-refractivity contribution >= 4 is 0 Å². The van der Waals surface area contributed by atoms with Crippen molar-refractivity contribution < 1.29 is 42.6 Å². The van der Waals surface area contributed by atoms with Crippen LogP contribution in [0.15, 0.2) is 36.4 Å². The maximum Gasteiger partial charge on any atom is 0.203 e. The monoisotopic (exact) mass is 510 g/mol. The van der Waals surface area contributed by atoms with Crippen molar-refractivity contribution in [2.45, 2.75) is 18.1 Å². The van der Waals surface area contributed by atoms with E-state index in [0.29, 0.717) is 51.7 Å². The third kappa shape index (κ3) is 3.85. The maximum atomic E-state index is 6.64. The van der Waals surface area contributed by atoms with Crippen LogP contribution in [0.2, 0.25) is 0 Å². The second-order valence-electron chi connectivity index (χ2n) is 8.54. The normalized spacial score (nSPS) is 18.8. The van der Waals surface area contributed by atoms with Crippen molar-refractivity contribution in [1.82, 2.24) is 0 Å². The van der Waals surface area contributed by atoms with Gasteiger partial charge in [0, 0.05) is 41.0 Å². The zero-order chi connectivity index (χ0) is 26.3. The number of ether oxygens (including phenoxy) is 9. The molecule has 0 amide bonds. The number of methoxy groups -OCH3 is 7. The van der Waals surface area contributed by atoms with E-state index >= 15 is 0 Å². The predicted octanol–water partition coefficient (Wildman–Crippen LogP) is 4.77. The molecule has 2 aliphatic rings. The Kier molecular flexibility index (Phi) is 6.45. The molecular weight excluding hydrogens is 480 g/mol.